The average Bonchev–Trinajstić information content (AvgIpc) is 2.67. The summed E-state index contributed by atoms with van der Waals surface area (Å²) in [5.41, 5.74) is 6.44. The first-order valence-electron chi connectivity index (χ1n) is 7.05. The molecule has 1 aliphatic heterocycles. The smallest absolute Gasteiger partial charge is 0.0588 e. The van der Waals surface area contributed by atoms with E-state index in [1.807, 2.05) is 0 Å². The molecule has 3 nitrogen and oxygen atoms in total. The van der Waals surface area contributed by atoms with Crippen LogP contribution in [0.3, 0.4) is 0 Å². The predicted octanol–water partition coefficient (Wildman–Crippen LogP) is 2.30. The van der Waals surface area contributed by atoms with E-state index in [0.717, 1.165) is 39.0 Å². The molecule has 0 saturated carbocycles. The van der Waals surface area contributed by atoms with Gasteiger partial charge in [-0.3, -0.25) is 0 Å². The third-order valence-corrected chi connectivity index (χ3v) is 3.23. The van der Waals surface area contributed by atoms with Gasteiger partial charge in [-0.2, -0.15) is 0 Å². The highest BCUT2D eigenvalue weighted by molar-refractivity contribution is 4.72. The van der Waals surface area contributed by atoms with Crippen molar-refractivity contribution in [3.05, 3.63) is 0 Å². The van der Waals surface area contributed by atoms with Gasteiger partial charge >= 0.3 is 0 Å². The zero-order valence-corrected chi connectivity index (χ0v) is 11.8. The summed E-state index contributed by atoms with van der Waals surface area (Å²) in [6.07, 6.45) is 6.30. The van der Waals surface area contributed by atoms with Crippen LogP contribution in [0.2, 0.25) is 0 Å². The molecule has 0 aromatic rings. The zero-order valence-electron chi connectivity index (χ0n) is 11.8. The molecular weight excluding hydrogens is 212 g/mol. The lowest BCUT2D eigenvalue weighted by Gasteiger charge is -2.23. The van der Waals surface area contributed by atoms with Crippen LogP contribution in [0.4, 0.5) is 0 Å². The third kappa shape index (κ3) is 7.74. The van der Waals surface area contributed by atoms with Gasteiger partial charge in [0.25, 0.3) is 0 Å². The summed E-state index contributed by atoms with van der Waals surface area (Å²) >= 11 is 0. The molecule has 0 amide bonds. The van der Waals surface area contributed by atoms with Crippen molar-refractivity contribution in [3.63, 3.8) is 0 Å². The Kier molecular flexibility index (Phi) is 6.45. The minimum atomic E-state index is 0.324. The molecule has 0 aromatic heterocycles. The van der Waals surface area contributed by atoms with Crippen LogP contribution < -0.4 is 11.1 Å². The molecule has 0 bridgehead atoms. The van der Waals surface area contributed by atoms with Gasteiger partial charge < -0.3 is 15.8 Å². The number of nitrogens with one attached hydrogen (secondary N) is 1. The van der Waals surface area contributed by atoms with E-state index in [9.17, 15) is 0 Å². The molecule has 0 spiro atoms. The van der Waals surface area contributed by atoms with E-state index in [4.69, 9.17) is 10.5 Å². The SMILES string of the molecule is CC(C)(C)CC(N)CCNCCC1CCCO1. The van der Waals surface area contributed by atoms with Crippen molar-refractivity contribution in [2.45, 2.75) is 65.0 Å². The summed E-state index contributed by atoms with van der Waals surface area (Å²) in [5, 5.41) is 3.47. The second kappa shape index (κ2) is 7.34. The Labute approximate surface area is 106 Å². The summed E-state index contributed by atoms with van der Waals surface area (Å²) < 4.78 is 5.58. The van der Waals surface area contributed by atoms with E-state index >= 15 is 0 Å². The van der Waals surface area contributed by atoms with E-state index in [2.05, 4.69) is 26.1 Å². The molecule has 102 valence electrons. The van der Waals surface area contributed by atoms with Crippen molar-refractivity contribution in [1.29, 1.82) is 0 Å². The maximum atomic E-state index is 6.10. The van der Waals surface area contributed by atoms with E-state index in [1.54, 1.807) is 0 Å². The Balaban J connectivity index is 1.92. The molecule has 1 aliphatic rings. The Morgan fingerprint density at radius 3 is 2.71 bits per heavy atom. The van der Waals surface area contributed by atoms with Gasteiger partial charge in [0.15, 0.2) is 0 Å². The topological polar surface area (TPSA) is 47.3 Å². The van der Waals surface area contributed by atoms with Crippen LogP contribution in [-0.2, 0) is 4.74 Å². The Morgan fingerprint density at radius 2 is 2.12 bits per heavy atom. The van der Waals surface area contributed by atoms with Crippen LogP contribution in [0.25, 0.3) is 0 Å². The highest BCUT2D eigenvalue weighted by Gasteiger charge is 2.16. The van der Waals surface area contributed by atoms with Gasteiger partial charge in [-0.15, -0.1) is 0 Å². The zero-order chi connectivity index (χ0) is 12.7. The number of ether oxygens (including phenoxy) is 1. The molecule has 2 unspecified atom stereocenters. The molecule has 0 aromatic carbocycles. The number of hydrogen-bond acceptors (Lipinski definition) is 3. The molecule has 1 saturated heterocycles. The lowest BCUT2D eigenvalue weighted by molar-refractivity contribution is 0.104. The maximum absolute atomic E-state index is 6.10. The van der Waals surface area contributed by atoms with Crippen LogP contribution in [0.1, 0.15) is 52.9 Å². The van der Waals surface area contributed by atoms with Crippen LogP contribution in [-0.4, -0.2) is 31.8 Å². The van der Waals surface area contributed by atoms with Gasteiger partial charge in [-0.1, -0.05) is 20.8 Å². The van der Waals surface area contributed by atoms with Crippen molar-refractivity contribution in [1.82, 2.24) is 5.32 Å². The fraction of sp³-hybridized carbons (Fsp3) is 1.00. The Hall–Kier alpha value is -0.120. The van der Waals surface area contributed by atoms with E-state index in [1.165, 1.54) is 12.8 Å². The molecule has 1 heterocycles. The first-order chi connectivity index (χ1) is 7.97. The molecule has 2 atom stereocenters. The fourth-order valence-electron chi connectivity index (χ4n) is 2.44. The van der Waals surface area contributed by atoms with Crippen molar-refractivity contribution in [2.24, 2.45) is 11.1 Å². The predicted molar refractivity (Wildman–Crippen MR) is 73.1 cm³/mol. The van der Waals surface area contributed by atoms with Crippen molar-refractivity contribution >= 4 is 0 Å². The molecule has 3 heteroatoms. The quantitative estimate of drug-likeness (QED) is 0.673. The summed E-state index contributed by atoms with van der Waals surface area (Å²) in [5.74, 6) is 0. The number of nitrogens with two attached hydrogens (primary N) is 1. The van der Waals surface area contributed by atoms with E-state index in [-0.39, 0.29) is 0 Å². The van der Waals surface area contributed by atoms with Crippen LogP contribution in [0.5, 0.6) is 0 Å². The van der Waals surface area contributed by atoms with E-state index in [0.29, 0.717) is 17.6 Å². The van der Waals surface area contributed by atoms with Gasteiger partial charge in [0.05, 0.1) is 6.10 Å². The van der Waals surface area contributed by atoms with Crippen LogP contribution in [0.15, 0.2) is 0 Å². The molecule has 3 N–H and O–H groups in total. The molecule has 0 aliphatic carbocycles. The highest BCUT2D eigenvalue weighted by Crippen LogP contribution is 2.20. The minimum Gasteiger partial charge on any atom is -0.378 e. The first-order valence-corrected chi connectivity index (χ1v) is 7.05. The highest BCUT2D eigenvalue weighted by atomic mass is 16.5. The molecular formula is C14H30N2O. The normalized spacial score (nSPS) is 22.9. The Bertz CT molecular complexity index is 195. The lowest BCUT2D eigenvalue weighted by atomic mass is 9.87. The summed E-state index contributed by atoms with van der Waals surface area (Å²) in [7, 11) is 0. The van der Waals surface area contributed by atoms with E-state index < -0.39 is 0 Å². The standard InChI is InChI=1S/C14H30N2O/c1-14(2,3)11-12(15)6-8-16-9-7-13-5-4-10-17-13/h12-13,16H,4-11,15H2,1-3H3. The maximum Gasteiger partial charge on any atom is 0.0588 e. The van der Waals surface area contributed by atoms with Gasteiger partial charge in [-0.05, 0) is 50.6 Å². The summed E-state index contributed by atoms with van der Waals surface area (Å²) in [4.78, 5) is 0. The fourth-order valence-corrected chi connectivity index (χ4v) is 2.44. The van der Waals surface area contributed by atoms with Crippen molar-refractivity contribution in [3.8, 4) is 0 Å². The summed E-state index contributed by atoms with van der Waals surface area (Å²) in [6.45, 7) is 9.80. The number of hydrogen-bond donors (Lipinski definition) is 2. The third-order valence-electron chi connectivity index (χ3n) is 3.23. The second-order valence-corrected chi connectivity index (χ2v) is 6.49. The largest absolute Gasteiger partial charge is 0.378 e. The summed E-state index contributed by atoms with van der Waals surface area (Å²) in [6, 6.07) is 0.324. The molecule has 17 heavy (non-hydrogen) atoms. The Morgan fingerprint density at radius 1 is 1.35 bits per heavy atom. The van der Waals surface area contributed by atoms with Crippen LogP contribution >= 0.6 is 0 Å². The van der Waals surface area contributed by atoms with Crippen LogP contribution in [0, 0.1) is 5.41 Å². The average molecular weight is 242 g/mol. The monoisotopic (exact) mass is 242 g/mol. The molecule has 1 fully saturated rings. The first kappa shape index (κ1) is 14.9. The van der Waals surface area contributed by atoms with Gasteiger partial charge in [-0.25, -0.2) is 0 Å². The molecule has 0 radical (unpaired) electrons. The van der Waals surface area contributed by atoms with Gasteiger partial charge in [0.1, 0.15) is 0 Å². The van der Waals surface area contributed by atoms with Gasteiger partial charge in [0.2, 0.25) is 0 Å². The second-order valence-electron chi connectivity index (χ2n) is 6.49. The van der Waals surface area contributed by atoms with Crippen molar-refractivity contribution in [2.75, 3.05) is 19.7 Å². The van der Waals surface area contributed by atoms with Gasteiger partial charge in [0, 0.05) is 12.6 Å². The van der Waals surface area contributed by atoms with Crippen molar-refractivity contribution < 1.29 is 4.74 Å². The minimum absolute atomic E-state index is 0.324. The lowest BCUT2D eigenvalue weighted by Crippen LogP contribution is -2.31. The number of rotatable bonds is 7. The molecule has 1 rings (SSSR count).